The molecule has 11 aromatic rings. The van der Waals surface area contributed by atoms with Crippen molar-refractivity contribution < 1.29 is 0 Å². The third-order valence-corrected chi connectivity index (χ3v) is 13.5. The maximum absolute atomic E-state index is 5.29. The normalized spacial score (nSPS) is 11.9. The minimum Gasteiger partial charge on any atom is -0.307 e. The molecule has 0 aliphatic heterocycles. The van der Waals surface area contributed by atoms with Crippen LogP contribution >= 0.6 is 0 Å². The zero-order chi connectivity index (χ0) is 49.7. The highest BCUT2D eigenvalue weighted by Gasteiger charge is 2.29. The van der Waals surface area contributed by atoms with E-state index >= 15 is 0 Å². The number of hydrogen-bond acceptors (Lipinski definition) is 3. The highest BCUT2D eigenvalue weighted by atomic mass is 15.0. The van der Waals surface area contributed by atoms with Crippen LogP contribution in [0.2, 0.25) is 0 Å². The van der Waals surface area contributed by atoms with Gasteiger partial charge in [-0.15, -0.1) is 0 Å². The lowest BCUT2D eigenvalue weighted by Crippen LogP contribution is -2.07. The van der Waals surface area contributed by atoms with Crippen molar-refractivity contribution in [1.82, 2.24) is 19.5 Å². The summed E-state index contributed by atoms with van der Waals surface area (Å²) in [5.41, 5.74) is 18.9. The van der Waals surface area contributed by atoms with E-state index in [1.807, 2.05) is 36.4 Å². The lowest BCUT2D eigenvalue weighted by atomic mass is 9.90. The molecule has 2 heterocycles. The second-order valence-corrected chi connectivity index (χ2v) is 17.8. The molecule has 0 aliphatic rings. The molecule has 0 saturated carbocycles. The molecular formula is C69H52N4. The molecule has 0 radical (unpaired) electrons. The molecule has 4 nitrogen and oxygen atoms in total. The van der Waals surface area contributed by atoms with Gasteiger partial charge in [0.15, 0.2) is 17.5 Å². The predicted molar refractivity (Wildman–Crippen MR) is 309 cm³/mol. The third-order valence-electron chi connectivity index (χ3n) is 13.5. The maximum Gasteiger partial charge on any atom is 0.164 e. The molecule has 73 heavy (non-hydrogen) atoms. The number of fused-ring (bicyclic) bond motifs is 3. The Hall–Kier alpha value is -9.51. The Kier molecular flexibility index (Phi) is 12.9. The number of benzene rings is 9. The molecule has 4 heteroatoms. The molecule has 0 N–H and O–H groups in total. The van der Waals surface area contributed by atoms with Crippen LogP contribution in [0.15, 0.2) is 268 Å². The molecule has 2 aromatic heterocycles. The van der Waals surface area contributed by atoms with E-state index in [9.17, 15) is 0 Å². The summed E-state index contributed by atoms with van der Waals surface area (Å²) in [4.78, 5) is 15.6. The van der Waals surface area contributed by atoms with E-state index in [-0.39, 0.29) is 0 Å². The monoisotopic (exact) mass is 936 g/mol. The van der Waals surface area contributed by atoms with E-state index < -0.39 is 0 Å². The van der Waals surface area contributed by atoms with Gasteiger partial charge in [0, 0.05) is 49.7 Å². The zero-order valence-electron chi connectivity index (χ0n) is 41.0. The lowest BCUT2D eigenvalue weighted by molar-refractivity contribution is 1.04. The Morgan fingerprint density at radius 2 is 0.849 bits per heavy atom. The summed E-state index contributed by atoms with van der Waals surface area (Å²) in [6.45, 7) is 12.4. The van der Waals surface area contributed by atoms with Gasteiger partial charge in [0.05, 0.1) is 16.7 Å². The Balaban J connectivity index is 1.39. The van der Waals surface area contributed by atoms with Crippen molar-refractivity contribution in [3.8, 4) is 84.1 Å². The van der Waals surface area contributed by atoms with Gasteiger partial charge in [-0.05, 0) is 70.5 Å². The van der Waals surface area contributed by atoms with Crippen LogP contribution in [0.3, 0.4) is 0 Å². The van der Waals surface area contributed by atoms with E-state index in [1.165, 1.54) is 0 Å². The Morgan fingerprint density at radius 1 is 0.425 bits per heavy atom. The highest BCUT2D eigenvalue weighted by molar-refractivity contribution is 6.21. The van der Waals surface area contributed by atoms with Gasteiger partial charge in [-0.2, -0.15) is 0 Å². The third kappa shape index (κ3) is 8.66. The second-order valence-electron chi connectivity index (χ2n) is 17.8. The van der Waals surface area contributed by atoms with E-state index in [0.29, 0.717) is 17.5 Å². The highest BCUT2D eigenvalue weighted by Crippen LogP contribution is 2.51. The van der Waals surface area contributed by atoms with Crippen LogP contribution in [0.4, 0.5) is 0 Å². The molecule has 9 aromatic carbocycles. The summed E-state index contributed by atoms with van der Waals surface area (Å²) >= 11 is 0. The number of rotatable bonds is 13. The van der Waals surface area contributed by atoms with Gasteiger partial charge in [-0.3, -0.25) is 0 Å². The van der Waals surface area contributed by atoms with Gasteiger partial charge in [0.2, 0.25) is 0 Å². The first kappa shape index (κ1) is 45.9. The van der Waals surface area contributed by atoms with Crippen LogP contribution < -0.4 is 0 Å². The van der Waals surface area contributed by atoms with E-state index in [1.54, 1.807) is 12.2 Å². The number of allylic oxidation sites excluding steroid dienone is 8. The number of aromatic nitrogens is 4. The van der Waals surface area contributed by atoms with Crippen LogP contribution in [0.25, 0.3) is 117 Å². The second kappa shape index (κ2) is 20.4. The molecule has 348 valence electrons. The number of nitrogens with zero attached hydrogens (tertiary/aromatic N) is 4. The molecule has 0 amide bonds. The summed E-state index contributed by atoms with van der Waals surface area (Å²) in [5.74, 6) is 1.61. The standard InChI is InChI=1S/C69H52N4/c1-5-27-47(7-3)60-45-55(69-71-67(48(8-4)28-6-2)70-68(72-69)54-39-25-14-26-40-54)46-61(51-33-19-11-20-34-51)64(60)73-65-58(43-41-56(49-29-15-9-16-30-49)62(65)52-35-21-12-22-36-52)59-44-42-57(50-31-17-10-18-32-50)63(66(59)73)53-37-23-13-24-38-53/h5-46H,2,4H2,1,3H3/b27-5-,47-7+,48-28+. The summed E-state index contributed by atoms with van der Waals surface area (Å²) in [7, 11) is 0. The Morgan fingerprint density at radius 3 is 1.27 bits per heavy atom. The summed E-state index contributed by atoms with van der Waals surface area (Å²) in [5, 5.41) is 2.29. The van der Waals surface area contributed by atoms with E-state index in [2.05, 4.69) is 238 Å². The molecule has 0 aliphatic carbocycles. The van der Waals surface area contributed by atoms with Gasteiger partial charge in [0.1, 0.15) is 0 Å². The van der Waals surface area contributed by atoms with Gasteiger partial charge in [-0.1, -0.05) is 256 Å². The molecule has 11 rings (SSSR count). The van der Waals surface area contributed by atoms with Gasteiger partial charge >= 0.3 is 0 Å². The summed E-state index contributed by atoms with van der Waals surface area (Å²) in [6.07, 6.45) is 11.9. The summed E-state index contributed by atoms with van der Waals surface area (Å²) in [6, 6.07) is 78.0. The average molecular weight is 937 g/mol. The van der Waals surface area contributed by atoms with Crippen LogP contribution in [-0.2, 0) is 0 Å². The molecule has 0 spiro atoms. The Bertz CT molecular complexity index is 3770. The van der Waals surface area contributed by atoms with Gasteiger partial charge in [-0.25, -0.2) is 15.0 Å². The topological polar surface area (TPSA) is 43.6 Å². The van der Waals surface area contributed by atoms with Crippen LogP contribution in [-0.4, -0.2) is 19.5 Å². The predicted octanol–water partition coefficient (Wildman–Crippen LogP) is 18.4. The minimum absolute atomic E-state index is 0.509. The van der Waals surface area contributed by atoms with Gasteiger partial charge in [0.25, 0.3) is 0 Å². The van der Waals surface area contributed by atoms with Crippen LogP contribution in [0.5, 0.6) is 0 Å². The fourth-order valence-corrected chi connectivity index (χ4v) is 10.2. The van der Waals surface area contributed by atoms with Crippen LogP contribution in [0, 0.1) is 0 Å². The fourth-order valence-electron chi connectivity index (χ4n) is 10.2. The molecule has 0 saturated heterocycles. The first-order valence-electron chi connectivity index (χ1n) is 24.7. The molecule has 0 fully saturated rings. The van der Waals surface area contributed by atoms with Crippen molar-refractivity contribution in [1.29, 1.82) is 0 Å². The summed E-state index contributed by atoms with van der Waals surface area (Å²) < 4.78 is 2.60. The smallest absolute Gasteiger partial charge is 0.164 e. The van der Waals surface area contributed by atoms with Crippen molar-refractivity contribution >= 4 is 33.0 Å². The van der Waals surface area contributed by atoms with Crippen molar-refractivity contribution in [3.05, 3.63) is 279 Å². The Labute approximate surface area is 427 Å². The number of hydrogen-bond donors (Lipinski definition) is 0. The van der Waals surface area contributed by atoms with Crippen molar-refractivity contribution in [2.24, 2.45) is 0 Å². The first-order chi connectivity index (χ1) is 36.1. The molecule has 0 atom stereocenters. The quantitative estimate of drug-likeness (QED) is 0.108. The average Bonchev–Trinajstić information content (AvgIpc) is 3.80. The first-order valence-corrected chi connectivity index (χ1v) is 24.7. The van der Waals surface area contributed by atoms with Gasteiger partial charge < -0.3 is 4.57 Å². The zero-order valence-corrected chi connectivity index (χ0v) is 41.0. The molecular weight excluding hydrogens is 885 g/mol. The lowest BCUT2D eigenvalue weighted by Gasteiger charge is -2.24. The fraction of sp³-hybridized carbons (Fsp3) is 0.0290. The van der Waals surface area contributed by atoms with E-state index in [4.69, 9.17) is 15.0 Å². The van der Waals surface area contributed by atoms with Crippen LogP contribution in [0.1, 0.15) is 25.2 Å². The maximum atomic E-state index is 5.29. The van der Waals surface area contributed by atoms with Crippen molar-refractivity contribution in [2.45, 2.75) is 13.8 Å². The minimum atomic E-state index is 0.509. The SMILES string of the molecule is C=C/C=C(\C=C)c1nc(-c2ccccc2)nc(-c2cc(C(/C=C\C)=C/C)c(-n3c4c(-c5ccccc5)c(-c5ccccc5)ccc4c4ccc(-c5ccccc5)c(-c5ccccc5)c43)c(-c3ccccc3)c2)n1. The van der Waals surface area contributed by atoms with Crippen molar-refractivity contribution in [3.63, 3.8) is 0 Å². The van der Waals surface area contributed by atoms with Crippen molar-refractivity contribution in [2.75, 3.05) is 0 Å². The largest absolute Gasteiger partial charge is 0.307 e. The molecule has 0 unspecified atom stereocenters. The van der Waals surface area contributed by atoms with E-state index in [0.717, 1.165) is 111 Å². The molecule has 0 bridgehead atoms.